The first-order valence-corrected chi connectivity index (χ1v) is 10.5. The first-order valence-electron chi connectivity index (χ1n) is 10.5. The van der Waals surface area contributed by atoms with Crippen LogP contribution in [-0.4, -0.2) is 58.3 Å². The van der Waals surface area contributed by atoms with E-state index in [1.54, 1.807) is 30.9 Å². The number of nitrogens with zero attached hydrogens (tertiary/aromatic N) is 2. The maximum absolute atomic E-state index is 13.2. The van der Waals surface area contributed by atoms with E-state index in [2.05, 4.69) is 5.32 Å². The highest BCUT2D eigenvalue weighted by Gasteiger charge is 2.45. The first kappa shape index (κ1) is 22.7. The average molecular weight is 433 g/mol. The minimum Gasteiger partial charge on any atom is -0.454 e. The number of rotatable bonds is 7. The predicted octanol–water partition coefficient (Wildman–Crippen LogP) is 2.36. The fourth-order valence-electron chi connectivity index (χ4n) is 3.96. The van der Waals surface area contributed by atoms with E-state index < -0.39 is 36.6 Å². The molecule has 1 aliphatic carbocycles. The maximum Gasteiger partial charge on any atom is 0.326 e. The van der Waals surface area contributed by atoms with Crippen molar-refractivity contribution >= 4 is 23.8 Å². The molecular formula is C22H28FN3O5. The lowest BCUT2D eigenvalue weighted by molar-refractivity contribution is -0.155. The number of esters is 1. The number of ether oxygens (including phenoxy) is 1. The van der Waals surface area contributed by atoms with Crippen molar-refractivity contribution in [3.05, 3.63) is 35.6 Å². The van der Waals surface area contributed by atoms with Gasteiger partial charge in [-0.2, -0.15) is 0 Å². The van der Waals surface area contributed by atoms with Gasteiger partial charge in [0.2, 0.25) is 0 Å². The van der Waals surface area contributed by atoms with Gasteiger partial charge in [0.25, 0.3) is 11.8 Å². The summed E-state index contributed by atoms with van der Waals surface area (Å²) in [6.07, 6.45) is 4.86. The number of hydrogen-bond donors (Lipinski definition) is 1. The molecule has 8 nitrogen and oxygen atoms in total. The SMILES string of the molecule is CC1(C)NC(=O)N(CC(=O)OCC(=O)N(Cc2ccc(F)cc2)C2CCCCC2)C1=O. The number of carbonyl (C=O) groups excluding carboxylic acids is 4. The summed E-state index contributed by atoms with van der Waals surface area (Å²) in [5.41, 5.74) is -0.298. The number of hydrogen-bond acceptors (Lipinski definition) is 5. The third kappa shape index (κ3) is 5.59. The number of halogens is 1. The summed E-state index contributed by atoms with van der Waals surface area (Å²) in [6.45, 7) is 2.34. The monoisotopic (exact) mass is 433 g/mol. The van der Waals surface area contributed by atoms with Crippen LogP contribution < -0.4 is 5.32 Å². The molecule has 3 rings (SSSR count). The van der Waals surface area contributed by atoms with Crippen molar-refractivity contribution in [1.82, 2.24) is 15.1 Å². The Labute approximate surface area is 180 Å². The second-order valence-corrected chi connectivity index (χ2v) is 8.55. The Kier molecular flexibility index (Phi) is 6.92. The van der Waals surface area contributed by atoms with Gasteiger partial charge in [0, 0.05) is 12.6 Å². The zero-order valence-corrected chi connectivity index (χ0v) is 17.9. The first-order chi connectivity index (χ1) is 14.7. The normalized spacial score (nSPS) is 18.6. The highest BCUT2D eigenvalue weighted by molar-refractivity contribution is 6.08. The molecular weight excluding hydrogens is 405 g/mol. The molecule has 168 valence electrons. The number of urea groups is 1. The Morgan fingerprint density at radius 1 is 1.16 bits per heavy atom. The zero-order chi connectivity index (χ0) is 22.6. The molecule has 0 unspecified atom stereocenters. The third-order valence-electron chi connectivity index (χ3n) is 5.69. The predicted molar refractivity (Wildman–Crippen MR) is 109 cm³/mol. The van der Waals surface area contributed by atoms with Crippen molar-refractivity contribution in [3.63, 3.8) is 0 Å². The van der Waals surface area contributed by atoms with E-state index in [0.717, 1.165) is 42.6 Å². The van der Waals surface area contributed by atoms with Gasteiger partial charge in [0.05, 0.1) is 0 Å². The Morgan fingerprint density at radius 3 is 2.39 bits per heavy atom. The van der Waals surface area contributed by atoms with Gasteiger partial charge in [-0.15, -0.1) is 0 Å². The summed E-state index contributed by atoms with van der Waals surface area (Å²) in [7, 11) is 0. The van der Waals surface area contributed by atoms with Crippen molar-refractivity contribution in [1.29, 1.82) is 0 Å². The van der Waals surface area contributed by atoms with Crippen LogP contribution in [0.3, 0.4) is 0 Å². The molecule has 1 saturated carbocycles. The van der Waals surface area contributed by atoms with Crippen LogP contribution in [0.4, 0.5) is 9.18 Å². The fourth-order valence-corrected chi connectivity index (χ4v) is 3.96. The van der Waals surface area contributed by atoms with E-state index in [-0.39, 0.29) is 17.8 Å². The molecule has 1 aromatic rings. The molecule has 0 aromatic heterocycles. The van der Waals surface area contributed by atoms with Crippen molar-refractivity contribution < 1.29 is 28.3 Å². The molecule has 1 aromatic carbocycles. The van der Waals surface area contributed by atoms with Crippen molar-refractivity contribution in [2.45, 2.75) is 64.1 Å². The van der Waals surface area contributed by atoms with Gasteiger partial charge in [-0.05, 0) is 44.4 Å². The molecule has 1 aliphatic heterocycles. The van der Waals surface area contributed by atoms with E-state index in [9.17, 15) is 23.6 Å². The Balaban J connectivity index is 1.60. The third-order valence-corrected chi connectivity index (χ3v) is 5.69. The van der Waals surface area contributed by atoms with Crippen LogP contribution in [0.25, 0.3) is 0 Å². The lowest BCUT2D eigenvalue weighted by atomic mass is 9.93. The molecule has 0 spiro atoms. The van der Waals surface area contributed by atoms with E-state index >= 15 is 0 Å². The second kappa shape index (κ2) is 9.45. The summed E-state index contributed by atoms with van der Waals surface area (Å²) in [5.74, 6) is -2.07. The van der Waals surface area contributed by atoms with Gasteiger partial charge < -0.3 is 15.0 Å². The summed E-state index contributed by atoms with van der Waals surface area (Å²) in [4.78, 5) is 51.6. The minimum absolute atomic E-state index is 0.0248. The van der Waals surface area contributed by atoms with Crippen LogP contribution in [0.2, 0.25) is 0 Å². The van der Waals surface area contributed by atoms with E-state index in [1.165, 1.54) is 12.1 Å². The molecule has 9 heteroatoms. The van der Waals surface area contributed by atoms with Gasteiger partial charge in [0.15, 0.2) is 6.61 Å². The van der Waals surface area contributed by atoms with Gasteiger partial charge >= 0.3 is 12.0 Å². The Bertz CT molecular complexity index is 849. The molecule has 0 radical (unpaired) electrons. The number of imide groups is 1. The Hall–Kier alpha value is -2.97. The van der Waals surface area contributed by atoms with E-state index in [1.807, 2.05) is 0 Å². The summed E-state index contributed by atoms with van der Waals surface area (Å²) in [5, 5.41) is 2.48. The molecule has 2 fully saturated rings. The fraction of sp³-hybridized carbons (Fsp3) is 0.545. The molecule has 1 saturated heterocycles. The minimum atomic E-state index is -1.08. The lowest BCUT2D eigenvalue weighted by Crippen LogP contribution is -2.44. The van der Waals surface area contributed by atoms with Crippen LogP contribution in [0.15, 0.2) is 24.3 Å². The topological polar surface area (TPSA) is 96.0 Å². The molecule has 1 N–H and O–H groups in total. The van der Waals surface area contributed by atoms with E-state index in [4.69, 9.17) is 4.74 Å². The molecule has 2 aliphatic rings. The second-order valence-electron chi connectivity index (χ2n) is 8.55. The van der Waals surface area contributed by atoms with Crippen LogP contribution in [0.1, 0.15) is 51.5 Å². The smallest absolute Gasteiger partial charge is 0.326 e. The van der Waals surface area contributed by atoms with Gasteiger partial charge in [-0.25, -0.2) is 9.18 Å². The molecule has 1 heterocycles. The maximum atomic E-state index is 13.2. The van der Waals surface area contributed by atoms with Gasteiger partial charge in [0.1, 0.15) is 17.9 Å². The number of nitrogens with one attached hydrogen (secondary N) is 1. The van der Waals surface area contributed by atoms with Crippen molar-refractivity contribution in [2.24, 2.45) is 0 Å². The molecule has 31 heavy (non-hydrogen) atoms. The zero-order valence-electron chi connectivity index (χ0n) is 17.9. The molecule has 4 amide bonds. The highest BCUT2D eigenvalue weighted by Crippen LogP contribution is 2.24. The van der Waals surface area contributed by atoms with Crippen molar-refractivity contribution in [3.8, 4) is 0 Å². The lowest BCUT2D eigenvalue weighted by Gasteiger charge is -2.34. The van der Waals surface area contributed by atoms with E-state index in [0.29, 0.717) is 6.54 Å². The van der Waals surface area contributed by atoms with Crippen LogP contribution >= 0.6 is 0 Å². The summed E-state index contributed by atoms with van der Waals surface area (Å²) >= 11 is 0. The number of amides is 4. The van der Waals surface area contributed by atoms with Crippen LogP contribution in [0, 0.1) is 5.82 Å². The average Bonchev–Trinajstić information content (AvgIpc) is 2.93. The van der Waals surface area contributed by atoms with Gasteiger partial charge in [-0.3, -0.25) is 19.3 Å². The standard InChI is InChI=1S/C22H28FN3O5/c1-22(2)20(29)26(21(30)24-22)13-19(28)31-14-18(27)25(17-6-4-3-5-7-17)12-15-8-10-16(23)11-9-15/h8-11,17H,3-7,12-14H2,1-2H3,(H,24,30). The number of carbonyl (C=O) groups is 4. The number of benzene rings is 1. The quantitative estimate of drug-likeness (QED) is 0.526. The Morgan fingerprint density at radius 2 is 1.81 bits per heavy atom. The van der Waals surface area contributed by atoms with Gasteiger partial charge in [-0.1, -0.05) is 31.4 Å². The largest absolute Gasteiger partial charge is 0.454 e. The van der Waals surface area contributed by atoms with Crippen molar-refractivity contribution in [2.75, 3.05) is 13.2 Å². The summed E-state index contributed by atoms with van der Waals surface area (Å²) < 4.78 is 18.3. The molecule has 0 bridgehead atoms. The van der Waals surface area contributed by atoms with Crippen LogP contribution in [-0.2, 0) is 25.7 Å². The van der Waals surface area contributed by atoms with Crippen LogP contribution in [0.5, 0.6) is 0 Å². The molecule has 0 atom stereocenters. The summed E-state index contributed by atoms with van der Waals surface area (Å²) in [6, 6.07) is 5.31. The highest BCUT2D eigenvalue weighted by atomic mass is 19.1.